The van der Waals surface area contributed by atoms with Crippen LogP contribution >= 0.6 is 0 Å². The first-order valence-electron chi connectivity index (χ1n) is 5.25. The lowest BCUT2D eigenvalue weighted by Gasteiger charge is -2.32. The Kier molecular flexibility index (Phi) is 3.76. The monoisotopic (exact) mass is 233 g/mol. The largest absolute Gasteiger partial charge is 0.342 e. The number of nitrogens with zero attached hydrogens (tertiary/aromatic N) is 1. The summed E-state index contributed by atoms with van der Waals surface area (Å²) < 4.78 is 22.2. The molecule has 0 aromatic carbocycles. The van der Waals surface area contributed by atoms with Gasteiger partial charge < -0.3 is 4.90 Å². The van der Waals surface area contributed by atoms with Crippen molar-refractivity contribution in [1.29, 1.82) is 0 Å². The average Bonchev–Trinajstić information content (AvgIpc) is 1.96. The number of rotatable bonds is 4. The molecule has 15 heavy (non-hydrogen) atoms. The van der Waals surface area contributed by atoms with Gasteiger partial charge in [-0.15, -0.1) is 0 Å². The Morgan fingerprint density at radius 2 is 2.00 bits per heavy atom. The quantitative estimate of drug-likeness (QED) is 0.717. The van der Waals surface area contributed by atoms with Gasteiger partial charge in [0, 0.05) is 25.3 Å². The summed E-state index contributed by atoms with van der Waals surface area (Å²) in [6.07, 6.45) is 4.22. The zero-order chi connectivity index (χ0) is 11.6. The van der Waals surface area contributed by atoms with Crippen molar-refractivity contribution in [2.45, 2.75) is 32.2 Å². The van der Waals surface area contributed by atoms with Crippen LogP contribution in [0.4, 0.5) is 0 Å². The average molecular weight is 233 g/mol. The van der Waals surface area contributed by atoms with Crippen LogP contribution in [-0.2, 0) is 14.6 Å². The Hall–Kier alpha value is -0.580. The van der Waals surface area contributed by atoms with Gasteiger partial charge in [-0.05, 0) is 19.8 Å². The lowest BCUT2D eigenvalue weighted by molar-refractivity contribution is -0.138. The molecule has 0 aliphatic heterocycles. The third-order valence-electron chi connectivity index (χ3n) is 3.01. The molecule has 0 saturated heterocycles. The molecule has 0 spiro atoms. The Morgan fingerprint density at radius 1 is 1.47 bits per heavy atom. The number of hydrogen-bond acceptors (Lipinski definition) is 3. The highest BCUT2D eigenvalue weighted by Crippen LogP contribution is 2.28. The molecule has 1 unspecified atom stereocenters. The van der Waals surface area contributed by atoms with Crippen molar-refractivity contribution in [3.05, 3.63) is 0 Å². The molecular weight excluding hydrogens is 214 g/mol. The van der Waals surface area contributed by atoms with E-state index in [1.807, 2.05) is 0 Å². The predicted molar refractivity (Wildman–Crippen MR) is 59.3 cm³/mol. The standard InChI is InChI=1S/C10H19NO3S/c1-8(7-15(3,13)14)11(2)10(12)9-5-4-6-9/h8-9H,4-7H2,1-3H3. The summed E-state index contributed by atoms with van der Waals surface area (Å²) in [5, 5.41) is 0. The van der Waals surface area contributed by atoms with Crippen molar-refractivity contribution in [2.24, 2.45) is 5.92 Å². The van der Waals surface area contributed by atoms with Crippen molar-refractivity contribution < 1.29 is 13.2 Å². The summed E-state index contributed by atoms with van der Waals surface area (Å²) in [6.45, 7) is 1.78. The van der Waals surface area contributed by atoms with Crippen molar-refractivity contribution in [2.75, 3.05) is 19.1 Å². The van der Waals surface area contributed by atoms with E-state index in [0.29, 0.717) is 0 Å². The first-order valence-corrected chi connectivity index (χ1v) is 7.31. The first kappa shape index (κ1) is 12.5. The summed E-state index contributed by atoms with van der Waals surface area (Å²) in [5.41, 5.74) is 0. The molecule has 1 atom stereocenters. The maximum Gasteiger partial charge on any atom is 0.225 e. The van der Waals surface area contributed by atoms with Crippen LogP contribution in [0.15, 0.2) is 0 Å². The van der Waals surface area contributed by atoms with Crippen molar-refractivity contribution in [3.63, 3.8) is 0 Å². The Labute approximate surface area is 91.6 Å². The van der Waals surface area contributed by atoms with Gasteiger partial charge in [-0.2, -0.15) is 0 Å². The normalized spacial score (nSPS) is 19.4. The SMILES string of the molecule is CC(CS(C)(=O)=O)N(C)C(=O)C1CCC1. The number of sulfone groups is 1. The molecule has 0 aromatic heterocycles. The zero-order valence-electron chi connectivity index (χ0n) is 9.56. The molecule has 1 aliphatic rings. The molecule has 4 nitrogen and oxygen atoms in total. The minimum Gasteiger partial charge on any atom is -0.342 e. The molecule has 0 aromatic rings. The fourth-order valence-corrected chi connectivity index (χ4v) is 2.81. The van der Waals surface area contributed by atoms with E-state index in [0.717, 1.165) is 19.3 Å². The van der Waals surface area contributed by atoms with E-state index in [1.54, 1.807) is 18.9 Å². The molecule has 5 heteroatoms. The van der Waals surface area contributed by atoms with E-state index in [4.69, 9.17) is 0 Å². The second-order valence-electron chi connectivity index (χ2n) is 4.52. The van der Waals surface area contributed by atoms with Crippen LogP contribution in [0.2, 0.25) is 0 Å². The second-order valence-corrected chi connectivity index (χ2v) is 6.70. The van der Waals surface area contributed by atoms with Gasteiger partial charge in [0.05, 0.1) is 5.75 Å². The van der Waals surface area contributed by atoms with Gasteiger partial charge in [0.15, 0.2) is 0 Å². The van der Waals surface area contributed by atoms with E-state index >= 15 is 0 Å². The van der Waals surface area contributed by atoms with Crippen molar-refractivity contribution >= 4 is 15.7 Å². The number of hydrogen-bond donors (Lipinski definition) is 0. The highest BCUT2D eigenvalue weighted by atomic mass is 32.2. The van der Waals surface area contributed by atoms with E-state index < -0.39 is 9.84 Å². The number of carbonyl (C=O) groups is 1. The van der Waals surface area contributed by atoms with Crippen LogP contribution in [0.25, 0.3) is 0 Å². The van der Waals surface area contributed by atoms with E-state index in [1.165, 1.54) is 6.26 Å². The molecule has 0 radical (unpaired) electrons. The molecule has 1 amide bonds. The molecular formula is C10H19NO3S. The Balaban J connectivity index is 2.51. The van der Waals surface area contributed by atoms with Crippen molar-refractivity contribution in [1.82, 2.24) is 4.90 Å². The molecule has 1 aliphatic carbocycles. The van der Waals surface area contributed by atoms with E-state index in [9.17, 15) is 13.2 Å². The van der Waals surface area contributed by atoms with Crippen LogP contribution in [0.3, 0.4) is 0 Å². The fraction of sp³-hybridized carbons (Fsp3) is 0.900. The summed E-state index contributed by atoms with van der Waals surface area (Å²) >= 11 is 0. The summed E-state index contributed by atoms with van der Waals surface area (Å²) in [7, 11) is -1.32. The minimum atomic E-state index is -3.01. The maximum absolute atomic E-state index is 11.8. The minimum absolute atomic E-state index is 0.0436. The van der Waals surface area contributed by atoms with Gasteiger partial charge in [-0.1, -0.05) is 6.42 Å². The summed E-state index contributed by atoms with van der Waals surface area (Å²) in [4.78, 5) is 13.4. The molecule has 1 saturated carbocycles. The highest BCUT2D eigenvalue weighted by Gasteiger charge is 2.30. The highest BCUT2D eigenvalue weighted by molar-refractivity contribution is 7.90. The van der Waals surface area contributed by atoms with Crippen molar-refractivity contribution in [3.8, 4) is 0 Å². The van der Waals surface area contributed by atoms with Gasteiger partial charge >= 0.3 is 0 Å². The second kappa shape index (κ2) is 4.51. The summed E-state index contributed by atoms with van der Waals surface area (Å²) in [5.74, 6) is 0.275. The molecule has 88 valence electrons. The molecule has 0 bridgehead atoms. The zero-order valence-corrected chi connectivity index (χ0v) is 10.4. The molecule has 0 N–H and O–H groups in total. The molecule has 1 rings (SSSR count). The van der Waals surface area contributed by atoms with Crippen LogP contribution in [0.5, 0.6) is 0 Å². The smallest absolute Gasteiger partial charge is 0.225 e. The number of carbonyl (C=O) groups excluding carboxylic acids is 1. The third kappa shape index (κ3) is 3.48. The molecule has 1 fully saturated rings. The van der Waals surface area contributed by atoms with E-state index in [-0.39, 0.29) is 23.6 Å². The maximum atomic E-state index is 11.8. The van der Waals surface area contributed by atoms with Crippen LogP contribution in [0, 0.1) is 5.92 Å². The van der Waals surface area contributed by atoms with Crippen LogP contribution in [-0.4, -0.2) is 44.3 Å². The summed E-state index contributed by atoms with van der Waals surface area (Å²) in [6, 6.07) is -0.229. The number of amides is 1. The van der Waals surface area contributed by atoms with Gasteiger partial charge in [0.2, 0.25) is 5.91 Å². The fourth-order valence-electron chi connectivity index (χ4n) is 1.71. The lowest BCUT2D eigenvalue weighted by atomic mass is 9.84. The first-order chi connectivity index (χ1) is 6.81. The van der Waals surface area contributed by atoms with Gasteiger partial charge in [-0.3, -0.25) is 4.79 Å². The van der Waals surface area contributed by atoms with Gasteiger partial charge in [-0.25, -0.2) is 8.42 Å². The Bertz CT molecular complexity index is 333. The van der Waals surface area contributed by atoms with Gasteiger partial charge in [0.25, 0.3) is 0 Å². The third-order valence-corrected chi connectivity index (χ3v) is 4.10. The lowest BCUT2D eigenvalue weighted by Crippen LogP contribution is -2.44. The van der Waals surface area contributed by atoms with Crippen LogP contribution in [0.1, 0.15) is 26.2 Å². The van der Waals surface area contributed by atoms with E-state index in [2.05, 4.69) is 0 Å². The molecule has 0 heterocycles. The Morgan fingerprint density at radius 3 is 2.33 bits per heavy atom. The topological polar surface area (TPSA) is 54.5 Å². The van der Waals surface area contributed by atoms with Gasteiger partial charge in [0.1, 0.15) is 9.84 Å². The van der Waals surface area contributed by atoms with Crippen LogP contribution < -0.4 is 0 Å². The predicted octanol–water partition coefficient (Wildman–Crippen LogP) is 0.678.